The van der Waals surface area contributed by atoms with Crippen LogP contribution in [0.3, 0.4) is 0 Å². The smallest absolute Gasteiger partial charge is 0.348 e. The maximum atomic E-state index is 12.4. The Morgan fingerprint density at radius 2 is 1.72 bits per heavy atom. The summed E-state index contributed by atoms with van der Waals surface area (Å²) in [6.07, 6.45) is 4.30. The molecule has 1 saturated carbocycles. The fourth-order valence-electron chi connectivity index (χ4n) is 3.45. The van der Waals surface area contributed by atoms with Crippen LogP contribution in [0.25, 0.3) is 6.08 Å². The average Bonchev–Trinajstić information content (AvgIpc) is 3.12. The van der Waals surface area contributed by atoms with Crippen molar-refractivity contribution in [3.63, 3.8) is 0 Å². The van der Waals surface area contributed by atoms with E-state index in [1.807, 2.05) is 0 Å². The van der Waals surface area contributed by atoms with Gasteiger partial charge in [-0.2, -0.15) is 0 Å². The zero-order valence-electron chi connectivity index (χ0n) is 15.5. The number of carbonyl (C=O) groups excluding carboxylic acids is 2. The Balaban J connectivity index is 1.48. The van der Waals surface area contributed by atoms with Gasteiger partial charge in [-0.1, -0.05) is 41.4 Å². The molecule has 0 unspecified atom stereocenters. The third-order valence-electron chi connectivity index (χ3n) is 4.94. The first-order chi connectivity index (χ1) is 13.9. The summed E-state index contributed by atoms with van der Waals surface area (Å²) in [5, 5.41) is 1.07. The maximum absolute atomic E-state index is 12.4. The van der Waals surface area contributed by atoms with Gasteiger partial charge >= 0.3 is 11.9 Å². The molecule has 2 aliphatic rings. The first-order valence-corrected chi connectivity index (χ1v) is 10.0. The number of esters is 2. The molecule has 1 spiro atoms. The monoisotopic (exact) mass is 432 g/mol. The van der Waals surface area contributed by atoms with E-state index in [-0.39, 0.29) is 12.2 Å². The molecule has 5 nitrogen and oxygen atoms in total. The van der Waals surface area contributed by atoms with Gasteiger partial charge in [0.15, 0.2) is 0 Å². The predicted molar refractivity (Wildman–Crippen MR) is 109 cm³/mol. The summed E-state index contributed by atoms with van der Waals surface area (Å²) in [5.41, 5.74) is 1.29. The lowest BCUT2D eigenvalue weighted by atomic mass is 10.1. The molecular formula is C22H18Cl2O5. The summed E-state index contributed by atoms with van der Waals surface area (Å²) < 4.78 is 16.7. The Morgan fingerprint density at radius 1 is 1.00 bits per heavy atom. The number of benzene rings is 2. The Hall–Kier alpha value is -2.50. The average molecular weight is 433 g/mol. The quantitative estimate of drug-likeness (QED) is 0.371. The van der Waals surface area contributed by atoms with Crippen molar-refractivity contribution in [1.29, 1.82) is 0 Å². The number of carbonyl (C=O) groups is 2. The van der Waals surface area contributed by atoms with Crippen LogP contribution in [0.2, 0.25) is 10.0 Å². The van der Waals surface area contributed by atoms with Crippen LogP contribution >= 0.6 is 23.2 Å². The van der Waals surface area contributed by atoms with Gasteiger partial charge in [-0.15, -0.1) is 0 Å². The van der Waals surface area contributed by atoms with E-state index in [2.05, 4.69) is 0 Å². The van der Waals surface area contributed by atoms with Gasteiger partial charge in [0.1, 0.15) is 17.9 Å². The standard InChI is InChI=1S/C22H18Cl2O5/c23-16-7-6-15(19(24)12-16)13-27-17-5-3-4-14(10-17)11-18-20(25)28-22(29-21(18)26)8-1-2-9-22/h3-7,10-12H,1-2,8-9,13H2. The van der Waals surface area contributed by atoms with Crippen LogP contribution in [0.5, 0.6) is 5.75 Å². The molecular weight excluding hydrogens is 415 g/mol. The van der Waals surface area contributed by atoms with Crippen LogP contribution in [-0.2, 0) is 25.7 Å². The molecule has 1 aliphatic heterocycles. The fraction of sp³-hybridized carbons (Fsp3) is 0.273. The van der Waals surface area contributed by atoms with Crippen molar-refractivity contribution in [2.75, 3.05) is 0 Å². The molecule has 150 valence electrons. The molecule has 0 atom stereocenters. The van der Waals surface area contributed by atoms with Gasteiger partial charge in [0, 0.05) is 28.5 Å². The Labute approximate surface area is 178 Å². The summed E-state index contributed by atoms with van der Waals surface area (Å²) in [6.45, 7) is 0.253. The lowest BCUT2D eigenvalue weighted by Crippen LogP contribution is -2.44. The van der Waals surface area contributed by atoms with Gasteiger partial charge in [-0.3, -0.25) is 0 Å². The third kappa shape index (κ3) is 4.41. The highest BCUT2D eigenvalue weighted by atomic mass is 35.5. The molecule has 2 aromatic carbocycles. The van der Waals surface area contributed by atoms with E-state index in [9.17, 15) is 9.59 Å². The van der Waals surface area contributed by atoms with E-state index >= 15 is 0 Å². The summed E-state index contributed by atoms with van der Waals surface area (Å²) in [6, 6.07) is 12.2. The van der Waals surface area contributed by atoms with Crippen molar-refractivity contribution in [3.05, 3.63) is 69.2 Å². The van der Waals surface area contributed by atoms with E-state index < -0.39 is 17.7 Å². The predicted octanol–water partition coefficient (Wildman–Crippen LogP) is 5.33. The van der Waals surface area contributed by atoms with Crippen LogP contribution in [0.1, 0.15) is 36.8 Å². The minimum absolute atomic E-state index is 0.125. The number of ether oxygens (including phenoxy) is 3. The summed E-state index contributed by atoms with van der Waals surface area (Å²) in [5.74, 6) is -1.81. The highest BCUT2D eigenvalue weighted by molar-refractivity contribution is 6.35. The van der Waals surface area contributed by atoms with Gasteiger partial charge < -0.3 is 14.2 Å². The molecule has 4 rings (SSSR count). The first kappa shape index (κ1) is 19.8. The highest BCUT2D eigenvalue weighted by Gasteiger charge is 2.47. The molecule has 1 saturated heterocycles. The molecule has 7 heteroatoms. The van der Waals surface area contributed by atoms with Crippen molar-refractivity contribution >= 4 is 41.2 Å². The summed E-state index contributed by atoms with van der Waals surface area (Å²) in [7, 11) is 0. The molecule has 1 heterocycles. The number of hydrogen-bond acceptors (Lipinski definition) is 5. The number of halogens is 2. The second-order valence-corrected chi connectivity index (χ2v) is 7.90. The summed E-state index contributed by atoms with van der Waals surface area (Å²) >= 11 is 12.1. The number of hydrogen-bond donors (Lipinski definition) is 0. The zero-order chi connectivity index (χ0) is 20.4. The normalized spacial score (nSPS) is 17.8. The molecule has 2 fully saturated rings. The van der Waals surface area contributed by atoms with Crippen LogP contribution < -0.4 is 4.74 Å². The Morgan fingerprint density at radius 3 is 2.41 bits per heavy atom. The van der Waals surface area contributed by atoms with E-state index in [1.165, 1.54) is 6.08 Å². The fourth-order valence-corrected chi connectivity index (χ4v) is 3.91. The second-order valence-electron chi connectivity index (χ2n) is 7.05. The van der Waals surface area contributed by atoms with Crippen molar-refractivity contribution in [2.24, 2.45) is 0 Å². The van der Waals surface area contributed by atoms with E-state index in [4.69, 9.17) is 37.4 Å². The van der Waals surface area contributed by atoms with Crippen LogP contribution in [0, 0.1) is 0 Å². The first-order valence-electron chi connectivity index (χ1n) is 9.29. The largest absolute Gasteiger partial charge is 0.489 e. The van der Waals surface area contributed by atoms with Crippen LogP contribution in [0.15, 0.2) is 48.0 Å². The minimum atomic E-state index is -1.08. The zero-order valence-corrected chi connectivity index (χ0v) is 17.0. The lowest BCUT2D eigenvalue weighted by molar-refractivity contribution is -0.232. The number of rotatable bonds is 4. The molecule has 0 aromatic heterocycles. The molecule has 0 N–H and O–H groups in total. The molecule has 0 amide bonds. The van der Waals surface area contributed by atoms with Crippen molar-refractivity contribution in [1.82, 2.24) is 0 Å². The van der Waals surface area contributed by atoms with Gasteiger partial charge in [-0.05, 0) is 48.7 Å². The van der Waals surface area contributed by atoms with E-state index in [0.717, 1.165) is 18.4 Å². The van der Waals surface area contributed by atoms with Gasteiger partial charge in [-0.25, -0.2) is 9.59 Å². The van der Waals surface area contributed by atoms with Crippen molar-refractivity contribution in [3.8, 4) is 5.75 Å². The summed E-state index contributed by atoms with van der Waals surface area (Å²) in [4.78, 5) is 24.8. The molecule has 2 aromatic rings. The molecule has 0 bridgehead atoms. The van der Waals surface area contributed by atoms with Crippen LogP contribution in [0.4, 0.5) is 0 Å². The SMILES string of the molecule is O=C1OC2(CCCC2)OC(=O)C1=Cc1cccc(OCc2ccc(Cl)cc2Cl)c1. The lowest BCUT2D eigenvalue weighted by Gasteiger charge is -2.32. The topological polar surface area (TPSA) is 61.8 Å². The van der Waals surface area contributed by atoms with Gasteiger partial charge in [0.2, 0.25) is 0 Å². The molecule has 29 heavy (non-hydrogen) atoms. The van der Waals surface area contributed by atoms with Gasteiger partial charge in [0.05, 0.1) is 0 Å². The van der Waals surface area contributed by atoms with E-state index in [1.54, 1.807) is 42.5 Å². The molecule has 1 aliphatic carbocycles. The maximum Gasteiger partial charge on any atom is 0.348 e. The highest BCUT2D eigenvalue weighted by Crippen LogP contribution is 2.38. The van der Waals surface area contributed by atoms with Gasteiger partial charge in [0.25, 0.3) is 5.79 Å². The Kier molecular flexibility index (Phi) is 5.52. The second kappa shape index (κ2) is 8.09. The minimum Gasteiger partial charge on any atom is -0.489 e. The van der Waals surface area contributed by atoms with Crippen molar-refractivity contribution < 1.29 is 23.8 Å². The van der Waals surface area contributed by atoms with E-state index in [0.29, 0.717) is 34.2 Å². The van der Waals surface area contributed by atoms with Crippen molar-refractivity contribution in [2.45, 2.75) is 38.1 Å². The van der Waals surface area contributed by atoms with Crippen LogP contribution in [-0.4, -0.2) is 17.7 Å². The molecule has 0 radical (unpaired) electrons. The Bertz CT molecular complexity index is 970. The third-order valence-corrected chi connectivity index (χ3v) is 5.53.